The molecule has 0 radical (unpaired) electrons. The summed E-state index contributed by atoms with van der Waals surface area (Å²) < 4.78 is 11.4. The van der Waals surface area contributed by atoms with E-state index in [0.29, 0.717) is 17.2 Å². The van der Waals surface area contributed by atoms with Crippen LogP contribution in [0.15, 0.2) is 45.6 Å². The van der Waals surface area contributed by atoms with Crippen LogP contribution in [0.5, 0.6) is 5.75 Å². The minimum atomic E-state index is -0.380. The maximum atomic E-state index is 13.1. The molecular weight excluding hydrogens is 378 g/mol. The summed E-state index contributed by atoms with van der Waals surface area (Å²) in [5.74, 6) is 1.11. The molecule has 2 heterocycles. The average molecular weight is 412 g/mol. The van der Waals surface area contributed by atoms with Crippen molar-refractivity contribution >= 4 is 0 Å². The monoisotopic (exact) mass is 411 g/mol. The van der Waals surface area contributed by atoms with E-state index < -0.39 is 0 Å². The molecule has 1 aliphatic carbocycles. The summed E-state index contributed by atoms with van der Waals surface area (Å²) in [6.07, 6.45) is 5.26. The van der Waals surface area contributed by atoms with Gasteiger partial charge in [0.05, 0.1) is 18.8 Å². The lowest BCUT2D eigenvalue weighted by atomic mass is 9.87. The third-order valence-corrected chi connectivity index (χ3v) is 6.44. The summed E-state index contributed by atoms with van der Waals surface area (Å²) in [7, 11) is 0. The molecule has 0 bridgehead atoms. The molecule has 5 heteroatoms. The van der Waals surface area contributed by atoms with Gasteiger partial charge in [-0.2, -0.15) is 0 Å². The fourth-order valence-electron chi connectivity index (χ4n) is 4.63. The normalized spacial score (nSPS) is 19.5. The summed E-state index contributed by atoms with van der Waals surface area (Å²) >= 11 is 0. The summed E-state index contributed by atoms with van der Waals surface area (Å²) in [6.45, 7) is 6.28. The van der Waals surface area contributed by atoms with Crippen LogP contribution in [-0.4, -0.2) is 42.9 Å². The lowest BCUT2D eigenvalue weighted by Crippen LogP contribution is -2.39. The molecule has 0 amide bonds. The number of unbranched alkanes of at least 4 members (excludes halogenated alkanes) is 1. The molecular formula is C25H33NO4. The molecule has 162 valence electrons. The highest BCUT2D eigenvalue weighted by atomic mass is 16.5. The Hall–Kier alpha value is -2.11. The molecule has 0 spiro atoms. The number of hydrogen-bond donors (Lipinski definition) is 1. The smallest absolute Gasteiger partial charge is 0.343 e. The first kappa shape index (κ1) is 21.1. The summed E-state index contributed by atoms with van der Waals surface area (Å²) in [5, 5.41) is 11.0. The first-order chi connectivity index (χ1) is 14.7. The van der Waals surface area contributed by atoms with Crippen molar-refractivity contribution in [2.75, 3.05) is 32.8 Å². The topological polar surface area (TPSA) is 62.9 Å². The molecule has 4 rings (SSSR count). The largest absolute Gasteiger partial charge is 0.507 e. The van der Waals surface area contributed by atoms with E-state index in [1.54, 1.807) is 6.07 Å². The van der Waals surface area contributed by atoms with Gasteiger partial charge in [0.25, 0.3) is 0 Å². The second-order valence-electron chi connectivity index (χ2n) is 8.71. The molecule has 2 atom stereocenters. The van der Waals surface area contributed by atoms with Crippen LogP contribution in [0.25, 0.3) is 0 Å². The molecule has 2 aliphatic rings. The van der Waals surface area contributed by atoms with Crippen LogP contribution in [0.4, 0.5) is 0 Å². The van der Waals surface area contributed by atoms with Gasteiger partial charge in [-0.05, 0) is 30.7 Å². The molecule has 1 aliphatic heterocycles. The van der Waals surface area contributed by atoms with Gasteiger partial charge >= 0.3 is 5.63 Å². The Bertz CT molecular complexity index is 868. The van der Waals surface area contributed by atoms with E-state index >= 15 is 0 Å². The Morgan fingerprint density at radius 2 is 1.90 bits per heavy atom. The van der Waals surface area contributed by atoms with Crippen molar-refractivity contribution in [3.8, 4) is 5.75 Å². The van der Waals surface area contributed by atoms with Crippen LogP contribution < -0.4 is 5.63 Å². The number of aromatic hydroxyl groups is 1. The van der Waals surface area contributed by atoms with E-state index in [4.69, 9.17) is 9.15 Å². The number of ether oxygens (including phenoxy) is 1. The first-order valence-corrected chi connectivity index (χ1v) is 11.4. The van der Waals surface area contributed by atoms with Gasteiger partial charge in [0, 0.05) is 37.5 Å². The van der Waals surface area contributed by atoms with Crippen molar-refractivity contribution in [3.05, 3.63) is 63.7 Å². The van der Waals surface area contributed by atoms with Gasteiger partial charge in [-0.1, -0.05) is 50.1 Å². The van der Waals surface area contributed by atoms with Crippen LogP contribution in [0.3, 0.4) is 0 Å². The highest BCUT2D eigenvalue weighted by Gasteiger charge is 2.37. The maximum absolute atomic E-state index is 13.1. The Morgan fingerprint density at radius 1 is 1.17 bits per heavy atom. The molecule has 5 nitrogen and oxygen atoms in total. The minimum Gasteiger partial charge on any atom is -0.507 e. The standard InChI is InChI=1S/C25H33NO4/c1-2-3-7-20(17-26-12-14-29-15-13-26)22-16-21(27)24(25(28)30-22)23(19-10-11-19)18-8-5-4-6-9-18/h4-6,8-9,16,19-20,23,27H,2-3,7,10-15,17H2,1H3. The molecule has 1 N–H and O–H groups in total. The average Bonchev–Trinajstić information content (AvgIpc) is 3.60. The van der Waals surface area contributed by atoms with Gasteiger partial charge in [-0.25, -0.2) is 4.79 Å². The second kappa shape index (κ2) is 9.80. The van der Waals surface area contributed by atoms with Crippen molar-refractivity contribution < 1.29 is 14.3 Å². The zero-order valence-corrected chi connectivity index (χ0v) is 17.9. The van der Waals surface area contributed by atoms with E-state index in [-0.39, 0.29) is 23.2 Å². The Kier molecular flexibility index (Phi) is 6.90. The van der Waals surface area contributed by atoms with Crippen molar-refractivity contribution in [2.45, 2.75) is 50.9 Å². The first-order valence-electron chi connectivity index (χ1n) is 11.4. The predicted octanol–water partition coefficient (Wildman–Crippen LogP) is 4.49. The number of nitrogens with zero attached hydrogens (tertiary/aromatic N) is 1. The number of benzene rings is 1. The number of hydrogen-bond acceptors (Lipinski definition) is 5. The summed E-state index contributed by atoms with van der Waals surface area (Å²) in [6, 6.07) is 11.7. The van der Waals surface area contributed by atoms with Crippen LogP contribution in [-0.2, 0) is 4.74 Å². The molecule has 1 saturated heterocycles. The molecule has 2 fully saturated rings. The lowest BCUT2D eigenvalue weighted by Gasteiger charge is -2.30. The summed E-state index contributed by atoms with van der Waals surface area (Å²) in [4.78, 5) is 15.5. The molecule has 1 aromatic heterocycles. The van der Waals surface area contributed by atoms with Crippen molar-refractivity contribution in [3.63, 3.8) is 0 Å². The molecule has 2 unspecified atom stereocenters. The quantitative estimate of drug-likeness (QED) is 0.659. The highest BCUT2D eigenvalue weighted by Crippen LogP contribution is 2.47. The zero-order valence-electron chi connectivity index (χ0n) is 17.9. The van der Waals surface area contributed by atoms with Gasteiger partial charge in [0.15, 0.2) is 0 Å². The maximum Gasteiger partial charge on any atom is 0.343 e. The van der Waals surface area contributed by atoms with Crippen molar-refractivity contribution in [1.82, 2.24) is 4.90 Å². The van der Waals surface area contributed by atoms with Gasteiger partial charge in [0.2, 0.25) is 0 Å². The SMILES string of the molecule is CCCCC(CN1CCOCC1)c1cc(O)c(C(c2ccccc2)C2CC2)c(=O)o1. The Balaban J connectivity index is 1.63. The highest BCUT2D eigenvalue weighted by molar-refractivity contribution is 5.41. The van der Waals surface area contributed by atoms with Crippen LogP contribution in [0.1, 0.15) is 67.8 Å². The Labute approximate surface area is 178 Å². The molecule has 2 aromatic rings. The number of rotatable bonds is 9. The van der Waals surface area contributed by atoms with Crippen LogP contribution in [0, 0.1) is 5.92 Å². The second-order valence-corrected chi connectivity index (χ2v) is 8.71. The zero-order chi connectivity index (χ0) is 20.9. The van der Waals surface area contributed by atoms with Gasteiger partial charge in [0.1, 0.15) is 11.5 Å². The summed E-state index contributed by atoms with van der Waals surface area (Å²) in [5.41, 5.74) is 1.12. The van der Waals surface area contributed by atoms with E-state index in [9.17, 15) is 9.90 Å². The fourth-order valence-corrected chi connectivity index (χ4v) is 4.63. The number of morpholine rings is 1. The minimum absolute atomic E-state index is 0.0884. The van der Waals surface area contributed by atoms with Gasteiger partial charge in [-0.3, -0.25) is 4.90 Å². The van der Waals surface area contributed by atoms with Crippen LogP contribution in [0.2, 0.25) is 0 Å². The molecule has 1 aromatic carbocycles. The third-order valence-electron chi connectivity index (χ3n) is 6.44. The molecule has 30 heavy (non-hydrogen) atoms. The van der Waals surface area contributed by atoms with Gasteiger partial charge < -0.3 is 14.3 Å². The van der Waals surface area contributed by atoms with E-state index in [0.717, 1.165) is 70.5 Å². The third kappa shape index (κ3) is 4.96. The van der Waals surface area contributed by atoms with E-state index in [2.05, 4.69) is 11.8 Å². The lowest BCUT2D eigenvalue weighted by molar-refractivity contribution is 0.0333. The fraction of sp³-hybridized carbons (Fsp3) is 0.560. The van der Waals surface area contributed by atoms with Gasteiger partial charge in [-0.15, -0.1) is 0 Å². The van der Waals surface area contributed by atoms with E-state index in [1.165, 1.54) is 0 Å². The predicted molar refractivity (Wildman–Crippen MR) is 117 cm³/mol. The van der Waals surface area contributed by atoms with Crippen molar-refractivity contribution in [1.29, 1.82) is 0 Å². The molecule has 1 saturated carbocycles. The van der Waals surface area contributed by atoms with Crippen LogP contribution >= 0.6 is 0 Å². The van der Waals surface area contributed by atoms with Crippen molar-refractivity contribution in [2.24, 2.45) is 5.92 Å². The van der Waals surface area contributed by atoms with E-state index in [1.807, 2.05) is 30.3 Å². The Morgan fingerprint density at radius 3 is 2.53 bits per heavy atom.